The molecular formula is C14H37Bi3Si3. The molecule has 0 rings (SSSR count). The van der Waals surface area contributed by atoms with Crippen molar-refractivity contribution in [3.63, 3.8) is 0 Å². The molecule has 120 valence electrons. The Morgan fingerprint density at radius 3 is 1.00 bits per heavy atom. The first-order valence-electron chi connectivity index (χ1n) is 7.64. The first-order chi connectivity index (χ1) is 8.77. The fourth-order valence-electron chi connectivity index (χ4n) is 0.970. The van der Waals surface area contributed by atoms with Crippen molar-refractivity contribution in [3.8, 4) is 0 Å². The molecule has 0 aliphatic rings. The summed E-state index contributed by atoms with van der Waals surface area (Å²) in [6, 6.07) is 0. The van der Waals surface area contributed by atoms with E-state index in [0.29, 0.717) is 0 Å². The van der Waals surface area contributed by atoms with Crippen molar-refractivity contribution in [2.45, 2.75) is 78.4 Å². The Morgan fingerprint density at radius 1 is 0.600 bits per heavy atom. The summed E-state index contributed by atoms with van der Waals surface area (Å²) in [6.45, 7) is 22.5. The van der Waals surface area contributed by atoms with Gasteiger partial charge in [-0.25, -0.2) is 0 Å². The summed E-state index contributed by atoms with van der Waals surface area (Å²) in [7, 11) is -1.87. The van der Waals surface area contributed by atoms with Crippen LogP contribution in [0.2, 0.25) is 78.4 Å². The Balaban J connectivity index is 0. The van der Waals surface area contributed by atoms with Crippen LogP contribution in [0, 0.1) is 0 Å². The van der Waals surface area contributed by atoms with Crippen molar-refractivity contribution in [2.24, 2.45) is 0 Å². The monoisotopic (exact) mass is 916 g/mol. The van der Waals surface area contributed by atoms with Crippen molar-refractivity contribution >= 4 is 95.4 Å². The fourth-order valence-corrected chi connectivity index (χ4v) is 32.7. The van der Waals surface area contributed by atoms with E-state index in [2.05, 4.69) is 58.9 Å². The van der Waals surface area contributed by atoms with Gasteiger partial charge < -0.3 is 0 Å². The van der Waals surface area contributed by atoms with E-state index in [-0.39, 0.29) is 46.5 Å². The number of hydrogen-bond acceptors (Lipinski definition) is 0. The van der Waals surface area contributed by atoms with Gasteiger partial charge >= 0.3 is 174 Å². The predicted octanol–water partition coefficient (Wildman–Crippen LogP) is 5.27. The molecule has 0 aliphatic heterocycles. The number of rotatable bonds is 8. The van der Waals surface area contributed by atoms with Crippen molar-refractivity contribution in [2.75, 3.05) is 0 Å². The van der Waals surface area contributed by atoms with E-state index >= 15 is 0 Å². The van der Waals surface area contributed by atoms with Crippen molar-refractivity contribution in [3.05, 3.63) is 0 Å². The Hall–Kier alpha value is 3.30. The van der Waals surface area contributed by atoms with E-state index in [0.717, 1.165) is 0 Å². The molecule has 0 nitrogen and oxygen atoms in total. The predicted molar refractivity (Wildman–Crippen MR) is 111 cm³/mol. The van der Waals surface area contributed by atoms with Crippen LogP contribution in [0.5, 0.6) is 0 Å². The average Bonchev–Trinajstić information content (AvgIpc) is 2.20. The third-order valence-corrected chi connectivity index (χ3v) is 53.8. The van der Waals surface area contributed by atoms with Gasteiger partial charge in [-0.05, 0) is 0 Å². The van der Waals surface area contributed by atoms with E-state index in [1.54, 1.807) is 40.5 Å². The molecule has 0 atom stereocenters. The van der Waals surface area contributed by atoms with E-state index in [4.69, 9.17) is 0 Å². The summed E-state index contributed by atoms with van der Waals surface area (Å²) in [5.41, 5.74) is 0. The average molecular weight is 917 g/mol. The van der Waals surface area contributed by atoms with Crippen LogP contribution in [-0.4, -0.2) is 95.4 Å². The fraction of sp³-hybridized carbons (Fsp3) is 1.00. The molecule has 0 aliphatic carbocycles. The van der Waals surface area contributed by atoms with Gasteiger partial charge in [-0.15, -0.1) is 0 Å². The third kappa shape index (κ3) is 29.3. The van der Waals surface area contributed by atoms with Crippen molar-refractivity contribution in [1.29, 1.82) is 0 Å². The van der Waals surface area contributed by atoms with Crippen LogP contribution in [0.15, 0.2) is 0 Å². The second-order valence-electron chi connectivity index (χ2n) is 9.05. The van der Waals surface area contributed by atoms with Gasteiger partial charge in [0.25, 0.3) is 0 Å². The molecule has 0 fully saturated rings. The molecule has 0 aromatic carbocycles. The summed E-state index contributed by atoms with van der Waals surface area (Å²) >= 11 is 1.61. The molecule has 0 spiro atoms. The van der Waals surface area contributed by atoms with Gasteiger partial charge in [0, 0.05) is 0 Å². The molecule has 0 saturated carbocycles. The molecule has 0 unspecified atom stereocenters. The molecule has 0 saturated heterocycles. The first-order valence-corrected chi connectivity index (χ1v) is 31.1. The number of hydrogen-bond donors (Lipinski definition) is 0. The Labute approximate surface area is 171 Å². The van der Waals surface area contributed by atoms with Gasteiger partial charge in [-0.1, -0.05) is 0 Å². The van der Waals surface area contributed by atoms with Crippen LogP contribution in [0.3, 0.4) is 0 Å². The van der Waals surface area contributed by atoms with Crippen LogP contribution >= 0.6 is 0 Å². The Kier molecular flexibility index (Phi) is 16.1. The molecule has 6 heteroatoms. The van der Waals surface area contributed by atoms with Crippen LogP contribution < -0.4 is 0 Å². The summed E-state index contributed by atoms with van der Waals surface area (Å²) in [6.07, 6.45) is 0. The topological polar surface area (TPSA) is 0 Å². The summed E-state index contributed by atoms with van der Waals surface area (Å²) in [5, 5.41) is 0. The second-order valence-corrected chi connectivity index (χ2v) is 43.4. The molecule has 4 radical (unpaired) electrons. The zero-order valence-electron chi connectivity index (χ0n) is 15.4. The zero-order chi connectivity index (χ0) is 16.4. The maximum atomic E-state index is 2.54. The van der Waals surface area contributed by atoms with Crippen LogP contribution in [-0.2, 0) is 0 Å². The summed E-state index contributed by atoms with van der Waals surface area (Å²) < 4.78 is 8.48. The van der Waals surface area contributed by atoms with Gasteiger partial charge in [0.2, 0.25) is 0 Å². The van der Waals surface area contributed by atoms with Crippen LogP contribution in [0.1, 0.15) is 0 Å². The molecule has 0 bridgehead atoms. The van der Waals surface area contributed by atoms with E-state index < -0.39 is 24.2 Å². The van der Waals surface area contributed by atoms with Crippen LogP contribution in [0.25, 0.3) is 0 Å². The molecule has 0 N–H and O–H groups in total. The normalized spacial score (nSPS) is 12.9. The minimum absolute atomic E-state index is 0.0151. The summed E-state index contributed by atoms with van der Waals surface area (Å²) in [5.74, 6) is 0. The van der Waals surface area contributed by atoms with Gasteiger partial charge in [-0.3, -0.25) is 0 Å². The molecule has 0 aromatic rings. The third-order valence-electron chi connectivity index (χ3n) is 2.06. The van der Waals surface area contributed by atoms with E-state index in [1.165, 1.54) is 3.75 Å². The standard InChI is InChI=1S/3C4H11Si.C2H4.3Bi/c3*1-5(2,3)4;1-2;;;/h3*1H2,2-4H3;1-2H2;;;. The van der Waals surface area contributed by atoms with Crippen molar-refractivity contribution in [1.82, 2.24) is 0 Å². The molecule has 0 aromatic heterocycles. The molecule has 0 heterocycles. The quantitative estimate of drug-likeness (QED) is 0.230. The van der Waals surface area contributed by atoms with Gasteiger partial charge in [-0.2, -0.15) is 0 Å². The maximum absolute atomic E-state index is 2.54. The summed E-state index contributed by atoms with van der Waals surface area (Å²) in [4.78, 5) is 0. The van der Waals surface area contributed by atoms with Gasteiger partial charge in [0.05, 0.1) is 0 Å². The van der Waals surface area contributed by atoms with Gasteiger partial charge in [0.15, 0.2) is 0 Å². The second kappa shape index (κ2) is 12.6. The minimum atomic E-state index is -0.645. The first kappa shape index (κ1) is 25.5. The van der Waals surface area contributed by atoms with Crippen LogP contribution in [0.4, 0.5) is 0 Å². The molecule has 0 amide bonds. The Morgan fingerprint density at radius 2 is 0.850 bits per heavy atom. The Bertz CT molecular complexity index is 209. The van der Waals surface area contributed by atoms with E-state index in [1.807, 2.05) is 0 Å². The molecule has 20 heavy (non-hydrogen) atoms. The van der Waals surface area contributed by atoms with Gasteiger partial charge in [0.1, 0.15) is 0 Å². The molecular weight excluding hydrogens is 879 g/mol. The van der Waals surface area contributed by atoms with E-state index in [9.17, 15) is 0 Å². The van der Waals surface area contributed by atoms with Crippen molar-refractivity contribution < 1.29 is 0 Å². The zero-order valence-corrected chi connectivity index (χ0v) is 28.8. The SMILES string of the molecule is C[Si](C)(C)[CH2][Bi].C[Si](C)(C)[CH2][Bi][CH2][CH2][Bi][CH2][Si](C)(C)C.